The predicted molar refractivity (Wildman–Crippen MR) is 110 cm³/mol. The maximum atomic E-state index is 14.0. The molecule has 2 fully saturated rings. The minimum Gasteiger partial charge on any atom is -0.493 e. The Kier molecular flexibility index (Phi) is 6.11. The van der Waals surface area contributed by atoms with Crippen LogP contribution in [0.25, 0.3) is 0 Å². The Morgan fingerprint density at radius 1 is 1.13 bits per heavy atom. The molecule has 2 aliphatic rings. The van der Waals surface area contributed by atoms with Gasteiger partial charge in [0.2, 0.25) is 5.91 Å². The minimum atomic E-state index is -0.896. The van der Waals surface area contributed by atoms with Crippen LogP contribution in [0.1, 0.15) is 23.5 Å². The van der Waals surface area contributed by atoms with Crippen molar-refractivity contribution in [1.29, 1.82) is 0 Å². The maximum Gasteiger partial charge on any atom is 0.222 e. The zero-order chi connectivity index (χ0) is 22.0. The summed E-state index contributed by atoms with van der Waals surface area (Å²) in [7, 11) is 3.17. The molecule has 0 saturated carbocycles. The predicted octanol–water partition coefficient (Wildman–Crippen LogP) is 2.86. The van der Waals surface area contributed by atoms with Gasteiger partial charge in [-0.2, -0.15) is 0 Å². The van der Waals surface area contributed by atoms with Crippen molar-refractivity contribution in [2.24, 2.45) is 0 Å². The van der Waals surface area contributed by atoms with E-state index in [4.69, 9.17) is 14.2 Å². The lowest BCUT2D eigenvalue weighted by Crippen LogP contribution is -2.55. The molecule has 1 N–H and O–H groups in total. The van der Waals surface area contributed by atoms with Crippen molar-refractivity contribution in [1.82, 2.24) is 10.2 Å². The normalized spacial score (nSPS) is 24.1. The Labute approximate surface area is 180 Å². The topological polar surface area (TPSA) is 60.0 Å². The van der Waals surface area contributed by atoms with Gasteiger partial charge in [-0.3, -0.25) is 9.69 Å². The van der Waals surface area contributed by atoms with Crippen LogP contribution in [0, 0.1) is 11.6 Å². The summed E-state index contributed by atoms with van der Waals surface area (Å²) < 4.78 is 44.0. The lowest BCUT2D eigenvalue weighted by molar-refractivity contribution is -0.122. The summed E-state index contributed by atoms with van der Waals surface area (Å²) in [6, 6.07) is 9.66. The van der Waals surface area contributed by atoms with Gasteiger partial charge in [-0.15, -0.1) is 0 Å². The lowest BCUT2D eigenvalue weighted by Gasteiger charge is -2.34. The number of amides is 1. The first-order chi connectivity index (χ1) is 14.9. The highest BCUT2D eigenvalue weighted by atomic mass is 19.2. The maximum absolute atomic E-state index is 14.0. The molecule has 2 saturated heterocycles. The monoisotopic (exact) mass is 432 g/mol. The van der Waals surface area contributed by atoms with Crippen LogP contribution in [0.15, 0.2) is 36.4 Å². The number of ether oxygens (including phenoxy) is 3. The Morgan fingerprint density at radius 2 is 1.94 bits per heavy atom. The highest BCUT2D eigenvalue weighted by Gasteiger charge is 2.49. The van der Waals surface area contributed by atoms with Crippen LogP contribution in [0.3, 0.4) is 0 Å². The molecule has 166 valence electrons. The third-order valence-electron chi connectivity index (χ3n) is 6.04. The number of carbonyl (C=O) groups excluding carboxylic acids is 1. The molecule has 6 nitrogen and oxygen atoms in total. The van der Waals surface area contributed by atoms with Gasteiger partial charge in [-0.05, 0) is 35.4 Å². The highest BCUT2D eigenvalue weighted by molar-refractivity contribution is 5.77. The fourth-order valence-corrected chi connectivity index (χ4v) is 4.59. The van der Waals surface area contributed by atoms with Gasteiger partial charge in [0.15, 0.2) is 23.1 Å². The molecule has 0 aromatic heterocycles. The van der Waals surface area contributed by atoms with E-state index in [1.807, 2.05) is 18.2 Å². The second-order valence-electron chi connectivity index (χ2n) is 8.09. The van der Waals surface area contributed by atoms with Crippen LogP contribution in [0.4, 0.5) is 8.78 Å². The average Bonchev–Trinajstić information content (AvgIpc) is 2.98. The fraction of sp³-hybridized carbons (Fsp3) is 0.435. The molecule has 0 bridgehead atoms. The first-order valence-corrected chi connectivity index (χ1v) is 10.2. The van der Waals surface area contributed by atoms with Crippen molar-refractivity contribution in [3.63, 3.8) is 0 Å². The molecular weight excluding hydrogens is 406 g/mol. The Hall–Kier alpha value is -2.71. The van der Waals surface area contributed by atoms with E-state index in [-0.39, 0.29) is 18.2 Å². The molecule has 2 atom stereocenters. The zero-order valence-corrected chi connectivity index (χ0v) is 17.6. The van der Waals surface area contributed by atoms with Crippen LogP contribution in [0.2, 0.25) is 0 Å². The van der Waals surface area contributed by atoms with Crippen LogP contribution in [-0.4, -0.2) is 56.9 Å². The third-order valence-corrected chi connectivity index (χ3v) is 6.04. The van der Waals surface area contributed by atoms with Gasteiger partial charge in [0.25, 0.3) is 0 Å². The number of rotatable bonds is 5. The van der Waals surface area contributed by atoms with E-state index in [9.17, 15) is 13.6 Å². The number of likely N-dealkylation sites (tertiary alicyclic amines) is 1. The van der Waals surface area contributed by atoms with Gasteiger partial charge in [0.1, 0.15) is 0 Å². The number of hydrogen-bond acceptors (Lipinski definition) is 5. The van der Waals surface area contributed by atoms with Gasteiger partial charge in [0, 0.05) is 32.0 Å². The number of carbonyl (C=O) groups is 1. The standard InChI is InChI=1S/C23H26F2N2O4/c1-29-20-6-3-15(9-21(20)30-2)11-27-12-17(16-4-5-18(24)19(25)10-16)23(13-27)14-31-8-7-22(28)26-23/h3-6,9-10,17H,7-8,11-14H2,1-2H3,(H,26,28)/t17-,23-/m0/s1. The number of hydrogen-bond donors (Lipinski definition) is 1. The molecule has 0 unspecified atom stereocenters. The molecule has 31 heavy (non-hydrogen) atoms. The van der Waals surface area contributed by atoms with Crippen molar-refractivity contribution in [2.75, 3.05) is 40.5 Å². The van der Waals surface area contributed by atoms with E-state index < -0.39 is 17.2 Å². The molecule has 2 heterocycles. The van der Waals surface area contributed by atoms with E-state index in [1.54, 1.807) is 20.3 Å². The molecular formula is C23H26F2N2O4. The van der Waals surface area contributed by atoms with Crippen LogP contribution in [-0.2, 0) is 16.1 Å². The summed E-state index contributed by atoms with van der Waals surface area (Å²) in [4.78, 5) is 14.6. The molecule has 4 rings (SSSR count). The molecule has 2 aromatic carbocycles. The number of nitrogens with one attached hydrogen (secondary N) is 1. The zero-order valence-electron chi connectivity index (χ0n) is 17.6. The van der Waals surface area contributed by atoms with Crippen LogP contribution in [0.5, 0.6) is 11.5 Å². The number of nitrogens with zero attached hydrogens (tertiary/aromatic N) is 1. The van der Waals surface area contributed by atoms with E-state index in [0.717, 1.165) is 11.6 Å². The Morgan fingerprint density at radius 3 is 2.68 bits per heavy atom. The summed E-state index contributed by atoms with van der Waals surface area (Å²) >= 11 is 0. The molecule has 0 aliphatic carbocycles. The van der Waals surface area contributed by atoms with Gasteiger partial charge in [-0.25, -0.2) is 8.78 Å². The van der Waals surface area contributed by atoms with Crippen molar-refractivity contribution >= 4 is 5.91 Å². The number of methoxy groups -OCH3 is 2. The average molecular weight is 432 g/mol. The second-order valence-corrected chi connectivity index (χ2v) is 8.09. The lowest BCUT2D eigenvalue weighted by atomic mass is 9.82. The summed E-state index contributed by atoms with van der Waals surface area (Å²) in [5, 5.41) is 3.13. The van der Waals surface area contributed by atoms with Crippen molar-refractivity contribution in [3.05, 3.63) is 59.2 Å². The minimum absolute atomic E-state index is 0.0990. The molecule has 0 radical (unpaired) electrons. The van der Waals surface area contributed by atoms with Crippen LogP contribution >= 0.6 is 0 Å². The second kappa shape index (κ2) is 8.80. The van der Waals surface area contributed by atoms with Crippen LogP contribution < -0.4 is 14.8 Å². The van der Waals surface area contributed by atoms with Crippen molar-refractivity contribution < 1.29 is 27.8 Å². The Balaban J connectivity index is 1.64. The summed E-state index contributed by atoms with van der Waals surface area (Å²) in [5.74, 6) is -0.848. The molecule has 1 spiro atoms. The first kappa shape index (κ1) is 21.5. The van der Waals surface area contributed by atoms with E-state index >= 15 is 0 Å². The van der Waals surface area contributed by atoms with Crippen molar-refractivity contribution in [2.45, 2.75) is 24.4 Å². The SMILES string of the molecule is COc1ccc(CN2C[C@@H](c3ccc(F)c(F)c3)[C@@]3(COCCC(=O)N3)C2)cc1OC. The summed E-state index contributed by atoms with van der Waals surface area (Å²) in [6.07, 6.45) is 0.280. The van der Waals surface area contributed by atoms with E-state index in [0.29, 0.717) is 49.9 Å². The highest BCUT2D eigenvalue weighted by Crippen LogP contribution is 2.39. The van der Waals surface area contributed by atoms with E-state index in [1.165, 1.54) is 6.07 Å². The molecule has 8 heteroatoms. The van der Waals surface area contributed by atoms with Gasteiger partial charge >= 0.3 is 0 Å². The molecule has 2 aromatic rings. The van der Waals surface area contributed by atoms with E-state index in [2.05, 4.69) is 10.2 Å². The smallest absolute Gasteiger partial charge is 0.222 e. The largest absolute Gasteiger partial charge is 0.493 e. The first-order valence-electron chi connectivity index (χ1n) is 10.2. The number of benzene rings is 2. The van der Waals surface area contributed by atoms with Gasteiger partial charge in [-0.1, -0.05) is 12.1 Å². The molecule has 1 amide bonds. The fourth-order valence-electron chi connectivity index (χ4n) is 4.59. The quantitative estimate of drug-likeness (QED) is 0.788. The van der Waals surface area contributed by atoms with Gasteiger partial charge in [0.05, 0.1) is 33.0 Å². The third kappa shape index (κ3) is 4.36. The van der Waals surface area contributed by atoms with Crippen molar-refractivity contribution in [3.8, 4) is 11.5 Å². The summed E-state index contributed by atoms with van der Waals surface area (Å²) in [5.41, 5.74) is 0.938. The molecule has 2 aliphatic heterocycles. The van der Waals surface area contributed by atoms with Gasteiger partial charge < -0.3 is 19.5 Å². The number of halogens is 2. The Bertz CT molecular complexity index is 971. The summed E-state index contributed by atoms with van der Waals surface area (Å²) in [6.45, 7) is 2.33.